The fourth-order valence-corrected chi connectivity index (χ4v) is 2.12. The molecule has 0 aliphatic heterocycles. The number of benzene rings is 1. The molecule has 0 aromatic heterocycles. The predicted molar refractivity (Wildman–Crippen MR) is 76.1 cm³/mol. The van der Waals surface area contributed by atoms with E-state index in [2.05, 4.69) is 34.8 Å². The first-order chi connectivity index (χ1) is 7.95. The van der Waals surface area contributed by atoms with E-state index in [-0.39, 0.29) is 0 Å². The average molecular weight is 300 g/mol. The van der Waals surface area contributed by atoms with E-state index < -0.39 is 5.60 Å². The summed E-state index contributed by atoms with van der Waals surface area (Å²) >= 11 is 3.41. The molecule has 1 unspecified atom stereocenters. The molecule has 0 saturated heterocycles. The van der Waals surface area contributed by atoms with Crippen molar-refractivity contribution in [2.24, 2.45) is 0 Å². The molecule has 1 aromatic carbocycles. The minimum absolute atomic E-state index is 0.747. The number of rotatable bonds is 6. The van der Waals surface area contributed by atoms with Crippen LogP contribution in [0.15, 0.2) is 28.7 Å². The monoisotopic (exact) mass is 299 g/mol. The molecule has 1 N–H and O–H groups in total. The van der Waals surface area contributed by atoms with Crippen molar-refractivity contribution < 1.29 is 5.11 Å². The van der Waals surface area contributed by atoms with Gasteiger partial charge in [-0.25, -0.2) is 0 Å². The molecule has 1 atom stereocenters. The Labute approximate surface area is 113 Å². The smallest absolute Gasteiger partial charge is 0.0880 e. The van der Waals surface area contributed by atoms with Gasteiger partial charge in [0.25, 0.3) is 0 Å². The van der Waals surface area contributed by atoms with Crippen LogP contribution in [0.4, 0.5) is 0 Å². The van der Waals surface area contributed by atoms with Gasteiger partial charge < -0.3 is 10.0 Å². The van der Waals surface area contributed by atoms with Crippen LogP contribution < -0.4 is 0 Å². The Morgan fingerprint density at radius 2 is 1.82 bits per heavy atom. The van der Waals surface area contributed by atoms with Crippen LogP contribution >= 0.6 is 15.9 Å². The van der Waals surface area contributed by atoms with Crippen molar-refractivity contribution in [3.05, 3.63) is 34.3 Å². The summed E-state index contributed by atoms with van der Waals surface area (Å²) in [6.07, 6.45) is 1.90. The molecule has 2 nitrogen and oxygen atoms in total. The molecule has 0 saturated carbocycles. The van der Waals surface area contributed by atoms with Crippen LogP contribution in [0, 0.1) is 0 Å². The number of halogens is 1. The Hall–Kier alpha value is -0.380. The van der Waals surface area contributed by atoms with Gasteiger partial charge in [0.2, 0.25) is 0 Å². The highest BCUT2D eigenvalue weighted by Crippen LogP contribution is 2.25. The molecule has 0 amide bonds. The minimum atomic E-state index is -0.747. The first kappa shape index (κ1) is 14.7. The SMILES string of the molecule is CCCN(C)CCC(C)(O)c1ccc(Br)cc1. The van der Waals surface area contributed by atoms with Crippen LogP contribution in [-0.4, -0.2) is 30.1 Å². The summed E-state index contributed by atoms with van der Waals surface area (Å²) in [5.74, 6) is 0. The van der Waals surface area contributed by atoms with E-state index >= 15 is 0 Å². The van der Waals surface area contributed by atoms with E-state index in [0.717, 1.165) is 36.0 Å². The summed E-state index contributed by atoms with van der Waals surface area (Å²) in [5, 5.41) is 10.5. The maximum atomic E-state index is 10.5. The molecule has 0 aliphatic carbocycles. The molecule has 17 heavy (non-hydrogen) atoms. The molecule has 0 aliphatic rings. The molecule has 0 radical (unpaired) electrons. The number of hydrogen-bond acceptors (Lipinski definition) is 2. The normalized spacial score (nSPS) is 14.9. The first-order valence-corrected chi connectivity index (χ1v) is 6.92. The van der Waals surface area contributed by atoms with Gasteiger partial charge in [0.15, 0.2) is 0 Å². The van der Waals surface area contributed by atoms with Crippen LogP contribution in [-0.2, 0) is 5.60 Å². The van der Waals surface area contributed by atoms with Gasteiger partial charge in [0.1, 0.15) is 0 Å². The minimum Gasteiger partial charge on any atom is -0.385 e. The van der Waals surface area contributed by atoms with Crippen LogP contribution in [0.3, 0.4) is 0 Å². The van der Waals surface area contributed by atoms with Crippen molar-refractivity contribution in [3.8, 4) is 0 Å². The highest BCUT2D eigenvalue weighted by atomic mass is 79.9. The van der Waals surface area contributed by atoms with E-state index in [0.29, 0.717) is 0 Å². The van der Waals surface area contributed by atoms with Gasteiger partial charge in [-0.2, -0.15) is 0 Å². The third-order valence-electron chi connectivity index (χ3n) is 3.05. The molecule has 96 valence electrons. The maximum absolute atomic E-state index is 10.5. The van der Waals surface area contributed by atoms with Crippen molar-refractivity contribution >= 4 is 15.9 Å². The lowest BCUT2D eigenvalue weighted by Crippen LogP contribution is -2.29. The Kier molecular flexibility index (Phi) is 5.63. The second kappa shape index (κ2) is 6.53. The topological polar surface area (TPSA) is 23.5 Å². The summed E-state index contributed by atoms with van der Waals surface area (Å²) in [7, 11) is 2.10. The van der Waals surface area contributed by atoms with Crippen molar-refractivity contribution in [2.75, 3.05) is 20.1 Å². The fourth-order valence-electron chi connectivity index (χ4n) is 1.86. The Morgan fingerprint density at radius 1 is 1.24 bits per heavy atom. The molecule has 0 heterocycles. The predicted octanol–water partition coefficient (Wildman–Crippen LogP) is 3.39. The van der Waals surface area contributed by atoms with E-state index in [1.165, 1.54) is 0 Å². The number of nitrogens with zero attached hydrogens (tertiary/aromatic N) is 1. The quantitative estimate of drug-likeness (QED) is 0.870. The van der Waals surface area contributed by atoms with Crippen LogP contribution in [0.1, 0.15) is 32.3 Å². The molecule has 1 rings (SSSR count). The average Bonchev–Trinajstić information content (AvgIpc) is 2.28. The van der Waals surface area contributed by atoms with Crippen LogP contribution in [0.2, 0.25) is 0 Å². The Bertz CT molecular complexity index is 335. The Balaban J connectivity index is 2.58. The Morgan fingerprint density at radius 3 is 2.35 bits per heavy atom. The van der Waals surface area contributed by atoms with Crippen molar-refractivity contribution in [3.63, 3.8) is 0 Å². The molecule has 0 fully saturated rings. The lowest BCUT2D eigenvalue weighted by molar-refractivity contribution is 0.0384. The molecule has 0 bridgehead atoms. The zero-order valence-corrected chi connectivity index (χ0v) is 12.5. The van der Waals surface area contributed by atoms with Crippen LogP contribution in [0.25, 0.3) is 0 Å². The molecular weight excluding hydrogens is 278 g/mol. The van der Waals surface area contributed by atoms with Crippen molar-refractivity contribution in [2.45, 2.75) is 32.3 Å². The summed E-state index contributed by atoms with van der Waals surface area (Å²) in [6.45, 7) is 6.05. The zero-order valence-electron chi connectivity index (χ0n) is 10.9. The molecule has 3 heteroatoms. The van der Waals surface area contributed by atoms with Gasteiger partial charge in [0, 0.05) is 11.0 Å². The summed E-state index contributed by atoms with van der Waals surface area (Å²) in [5.41, 5.74) is 0.230. The van der Waals surface area contributed by atoms with E-state index in [1.807, 2.05) is 31.2 Å². The lowest BCUT2D eigenvalue weighted by atomic mass is 9.92. The summed E-state index contributed by atoms with van der Waals surface area (Å²) in [4.78, 5) is 2.26. The standard InChI is InChI=1S/C14H22BrNO/c1-4-10-16(3)11-9-14(2,17)12-5-7-13(15)8-6-12/h5-8,17H,4,9-11H2,1-3H3. The van der Waals surface area contributed by atoms with Crippen molar-refractivity contribution in [1.82, 2.24) is 4.90 Å². The van der Waals surface area contributed by atoms with E-state index in [4.69, 9.17) is 0 Å². The zero-order chi connectivity index (χ0) is 12.9. The molecule has 1 aromatic rings. The van der Waals surface area contributed by atoms with Gasteiger partial charge in [-0.1, -0.05) is 35.0 Å². The third-order valence-corrected chi connectivity index (χ3v) is 3.58. The van der Waals surface area contributed by atoms with Gasteiger partial charge in [0.05, 0.1) is 5.60 Å². The number of aliphatic hydroxyl groups is 1. The van der Waals surface area contributed by atoms with E-state index in [9.17, 15) is 5.11 Å². The van der Waals surface area contributed by atoms with Gasteiger partial charge in [-0.15, -0.1) is 0 Å². The largest absolute Gasteiger partial charge is 0.385 e. The van der Waals surface area contributed by atoms with Gasteiger partial charge in [-0.05, 0) is 51.1 Å². The summed E-state index contributed by atoms with van der Waals surface area (Å²) < 4.78 is 1.04. The van der Waals surface area contributed by atoms with Gasteiger partial charge >= 0.3 is 0 Å². The number of hydrogen-bond donors (Lipinski definition) is 1. The molecule has 0 spiro atoms. The van der Waals surface area contributed by atoms with Gasteiger partial charge in [-0.3, -0.25) is 0 Å². The van der Waals surface area contributed by atoms with Crippen LogP contribution in [0.5, 0.6) is 0 Å². The third kappa shape index (κ3) is 4.78. The fraction of sp³-hybridized carbons (Fsp3) is 0.571. The van der Waals surface area contributed by atoms with Crippen molar-refractivity contribution in [1.29, 1.82) is 0 Å². The lowest BCUT2D eigenvalue weighted by Gasteiger charge is -2.26. The second-order valence-corrected chi connectivity index (χ2v) is 5.75. The molecular formula is C14H22BrNO. The second-order valence-electron chi connectivity index (χ2n) is 4.83. The highest BCUT2D eigenvalue weighted by molar-refractivity contribution is 9.10. The highest BCUT2D eigenvalue weighted by Gasteiger charge is 2.22. The maximum Gasteiger partial charge on any atom is 0.0880 e. The first-order valence-electron chi connectivity index (χ1n) is 6.12. The van der Waals surface area contributed by atoms with E-state index in [1.54, 1.807) is 0 Å². The summed E-state index contributed by atoms with van der Waals surface area (Å²) in [6, 6.07) is 7.90.